The molecule has 3 rings (SSSR count). The number of hydrogen-bond acceptors (Lipinski definition) is 4. The topological polar surface area (TPSA) is 73.8 Å². The van der Waals surface area contributed by atoms with Crippen LogP contribution in [0.15, 0.2) is 42.5 Å². The first-order valence-corrected chi connectivity index (χ1v) is 6.04. The average molecular weight is 308 g/mol. The minimum Gasteiger partial charge on any atom is -0.258 e. The second-order valence-electron chi connectivity index (χ2n) is 4.44. The Morgan fingerprint density at radius 3 is 2.14 bits per heavy atom. The predicted molar refractivity (Wildman–Crippen MR) is 70.5 cm³/mol. The molecule has 0 saturated heterocycles. The normalized spacial score (nSPS) is 11.8. The van der Waals surface area contributed by atoms with E-state index in [1.54, 1.807) is 24.3 Å². The van der Waals surface area contributed by atoms with Gasteiger partial charge in [-0.3, -0.25) is 10.1 Å². The lowest BCUT2D eigenvalue weighted by molar-refractivity contribution is -0.384. The zero-order valence-corrected chi connectivity index (χ0v) is 10.8. The van der Waals surface area contributed by atoms with Gasteiger partial charge in [0, 0.05) is 6.07 Å². The number of fused-ring (bicyclic) bond motifs is 1. The van der Waals surface area contributed by atoms with Crippen LogP contribution in [0.25, 0.3) is 16.7 Å². The number of alkyl halides is 3. The summed E-state index contributed by atoms with van der Waals surface area (Å²) in [5.74, 6) is 0. The minimum atomic E-state index is -4.66. The second-order valence-corrected chi connectivity index (χ2v) is 4.44. The van der Waals surface area contributed by atoms with E-state index in [-0.39, 0.29) is 5.69 Å². The first-order chi connectivity index (χ1) is 10.4. The predicted octanol–water partition coefficient (Wildman–Crippen LogP) is 3.35. The van der Waals surface area contributed by atoms with Gasteiger partial charge in [-0.2, -0.15) is 13.2 Å². The summed E-state index contributed by atoms with van der Waals surface area (Å²) in [6.45, 7) is 0. The number of benzene rings is 2. The summed E-state index contributed by atoms with van der Waals surface area (Å²) in [4.78, 5) is 11.1. The zero-order chi connectivity index (χ0) is 15.9. The van der Waals surface area contributed by atoms with Gasteiger partial charge in [0.2, 0.25) is 0 Å². The van der Waals surface area contributed by atoms with Gasteiger partial charge in [0.15, 0.2) is 5.69 Å². The maximum Gasteiger partial charge on any atom is 0.416 e. The summed E-state index contributed by atoms with van der Waals surface area (Å²) in [6, 6.07) is 8.94. The zero-order valence-electron chi connectivity index (χ0n) is 10.8. The van der Waals surface area contributed by atoms with Crippen molar-refractivity contribution in [1.29, 1.82) is 0 Å². The number of nitrogens with zero attached hydrogens (tertiary/aromatic N) is 4. The third kappa shape index (κ3) is 2.36. The third-order valence-electron chi connectivity index (χ3n) is 3.00. The van der Waals surface area contributed by atoms with Crippen molar-refractivity contribution >= 4 is 16.7 Å². The number of halogens is 3. The summed E-state index contributed by atoms with van der Waals surface area (Å²) in [7, 11) is 0. The van der Waals surface area contributed by atoms with E-state index in [1.807, 2.05) is 0 Å². The Labute approximate surface area is 120 Å². The van der Waals surface area contributed by atoms with Crippen LogP contribution in [0.5, 0.6) is 0 Å². The van der Waals surface area contributed by atoms with Gasteiger partial charge in [-0.15, -0.1) is 15.0 Å². The second kappa shape index (κ2) is 4.79. The molecule has 0 radical (unpaired) electrons. The van der Waals surface area contributed by atoms with Crippen molar-refractivity contribution in [2.75, 3.05) is 0 Å². The molecule has 6 nitrogen and oxygen atoms in total. The van der Waals surface area contributed by atoms with Crippen LogP contribution in [0.1, 0.15) is 5.56 Å². The molecule has 0 spiro atoms. The molecule has 1 heterocycles. The number of nitro benzene ring substituents is 1. The number of aromatic nitrogens is 3. The summed E-state index contributed by atoms with van der Waals surface area (Å²) in [6.07, 6.45) is -4.66. The van der Waals surface area contributed by atoms with Crippen LogP contribution in [0.2, 0.25) is 0 Å². The molecule has 0 bridgehead atoms. The number of rotatable bonds is 2. The molecular weight excluding hydrogens is 301 g/mol. The highest BCUT2D eigenvalue weighted by Crippen LogP contribution is 2.34. The fourth-order valence-electron chi connectivity index (χ4n) is 1.98. The lowest BCUT2D eigenvalue weighted by Crippen LogP contribution is -2.09. The maximum absolute atomic E-state index is 12.7. The van der Waals surface area contributed by atoms with E-state index in [2.05, 4.69) is 10.2 Å². The average Bonchev–Trinajstić information content (AvgIpc) is 2.89. The largest absolute Gasteiger partial charge is 0.416 e. The van der Waals surface area contributed by atoms with Crippen molar-refractivity contribution < 1.29 is 18.1 Å². The molecular formula is C13H7F3N4O2. The number of nitro groups is 1. The van der Waals surface area contributed by atoms with Crippen molar-refractivity contribution in [2.24, 2.45) is 0 Å². The van der Waals surface area contributed by atoms with Crippen LogP contribution in [-0.4, -0.2) is 19.9 Å². The Balaban J connectivity index is 2.19. The van der Waals surface area contributed by atoms with E-state index in [0.29, 0.717) is 17.1 Å². The first kappa shape index (κ1) is 14.0. The quantitative estimate of drug-likeness (QED) is 0.537. The van der Waals surface area contributed by atoms with Crippen LogP contribution in [0.4, 0.5) is 18.9 Å². The van der Waals surface area contributed by atoms with Gasteiger partial charge in [0.25, 0.3) is 5.69 Å². The van der Waals surface area contributed by atoms with Crippen LogP contribution in [-0.2, 0) is 6.18 Å². The molecule has 0 N–H and O–H groups in total. The molecule has 1 aromatic heterocycles. The van der Waals surface area contributed by atoms with Crippen molar-refractivity contribution in [3.8, 4) is 5.69 Å². The molecule has 0 fully saturated rings. The molecule has 0 aliphatic carbocycles. The molecule has 2 aromatic carbocycles. The van der Waals surface area contributed by atoms with Gasteiger partial charge in [-0.05, 0) is 24.3 Å². The van der Waals surface area contributed by atoms with Crippen LogP contribution >= 0.6 is 0 Å². The summed E-state index contributed by atoms with van der Waals surface area (Å²) < 4.78 is 38.0. The van der Waals surface area contributed by atoms with E-state index in [4.69, 9.17) is 0 Å². The highest BCUT2D eigenvalue weighted by molar-refractivity contribution is 5.73. The summed E-state index contributed by atoms with van der Waals surface area (Å²) in [5, 5.41) is 19.1. The molecule has 112 valence electrons. The van der Waals surface area contributed by atoms with E-state index in [1.165, 1.54) is 0 Å². The van der Waals surface area contributed by atoms with Crippen molar-refractivity contribution in [3.05, 3.63) is 58.1 Å². The van der Waals surface area contributed by atoms with Gasteiger partial charge in [-0.25, -0.2) is 0 Å². The van der Waals surface area contributed by atoms with E-state index >= 15 is 0 Å². The molecule has 0 atom stereocenters. The first-order valence-electron chi connectivity index (χ1n) is 6.04. The van der Waals surface area contributed by atoms with Gasteiger partial charge in [0.1, 0.15) is 11.0 Å². The fraction of sp³-hybridized carbons (Fsp3) is 0.0769. The monoisotopic (exact) mass is 308 g/mol. The highest BCUT2D eigenvalue weighted by atomic mass is 19.4. The van der Waals surface area contributed by atoms with Crippen molar-refractivity contribution in [2.45, 2.75) is 6.18 Å². The molecule has 22 heavy (non-hydrogen) atoms. The summed E-state index contributed by atoms with van der Waals surface area (Å²) in [5.41, 5.74) is -0.975. The molecule has 0 saturated carbocycles. The Kier molecular flexibility index (Phi) is 3.05. The molecule has 0 amide bonds. The minimum absolute atomic E-state index is 0.130. The van der Waals surface area contributed by atoms with Crippen LogP contribution < -0.4 is 0 Å². The summed E-state index contributed by atoms with van der Waals surface area (Å²) >= 11 is 0. The molecule has 3 aromatic rings. The van der Waals surface area contributed by atoms with Crippen LogP contribution in [0.3, 0.4) is 0 Å². The van der Waals surface area contributed by atoms with E-state index < -0.39 is 22.4 Å². The molecule has 0 unspecified atom stereocenters. The maximum atomic E-state index is 12.7. The Bertz CT molecular complexity index is 840. The third-order valence-corrected chi connectivity index (χ3v) is 3.00. The molecule has 0 aliphatic rings. The SMILES string of the molecule is O=[N+]([O-])c1cc(C(F)(F)F)ccc1-n1nc2ccccc2n1. The van der Waals surface area contributed by atoms with Gasteiger partial charge in [-0.1, -0.05) is 12.1 Å². The molecule has 0 aliphatic heterocycles. The van der Waals surface area contributed by atoms with Crippen molar-refractivity contribution in [3.63, 3.8) is 0 Å². The Morgan fingerprint density at radius 1 is 1.05 bits per heavy atom. The van der Waals surface area contributed by atoms with Gasteiger partial charge in [0.05, 0.1) is 10.5 Å². The van der Waals surface area contributed by atoms with E-state index in [9.17, 15) is 23.3 Å². The number of hydrogen-bond donors (Lipinski definition) is 0. The Hall–Kier alpha value is -2.97. The highest BCUT2D eigenvalue weighted by Gasteiger charge is 2.33. The van der Waals surface area contributed by atoms with E-state index in [0.717, 1.165) is 16.9 Å². The lowest BCUT2D eigenvalue weighted by atomic mass is 10.1. The lowest BCUT2D eigenvalue weighted by Gasteiger charge is -2.08. The van der Waals surface area contributed by atoms with Gasteiger partial charge < -0.3 is 0 Å². The Morgan fingerprint density at radius 2 is 1.64 bits per heavy atom. The van der Waals surface area contributed by atoms with Gasteiger partial charge >= 0.3 is 6.18 Å². The smallest absolute Gasteiger partial charge is 0.258 e. The fourth-order valence-corrected chi connectivity index (χ4v) is 1.98. The van der Waals surface area contributed by atoms with Crippen LogP contribution in [0, 0.1) is 10.1 Å². The van der Waals surface area contributed by atoms with Crippen molar-refractivity contribution in [1.82, 2.24) is 15.0 Å². The standard InChI is InChI=1S/C13H7F3N4O2/c14-13(15,16)8-5-6-11(12(7-8)20(21)22)19-17-9-3-1-2-4-10(9)18-19/h1-7H. The molecule has 9 heteroatoms.